The van der Waals surface area contributed by atoms with Crippen LogP contribution in [0.1, 0.15) is 49.9 Å². The summed E-state index contributed by atoms with van der Waals surface area (Å²) in [6.07, 6.45) is 0. The van der Waals surface area contributed by atoms with E-state index in [0.717, 1.165) is 44.4 Å². The van der Waals surface area contributed by atoms with Crippen LogP contribution in [-0.4, -0.2) is 0 Å². The van der Waals surface area contributed by atoms with Crippen LogP contribution >= 0.6 is 0 Å². The monoisotopic (exact) mass is 719 g/mol. The first-order chi connectivity index (χ1) is 27.3. The Morgan fingerprint density at radius 2 is 0.839 bits per heavy atom. The SMILES string of the molecule is CC1(C)c2ccccc2-c2c(-c3ccccc3N(c3ccccc3-c3ccc4oc5ccccc5c4c3)c3cccc4c3-c3ccccc3C4(C)C)cccc21. The fourth-order valence-electron chi connectivity index (χ4n) is 9.99. The first-order valence-corrected chi connectivity index (χ1v) is 19.7. The number of fused-ring (bicyclic) bond motifs is 9. The average Bonchev–Trinajstić information content (AvgIpc) is 3.81. The fraction of sp³-hybridized carbons (Fsp3) is 0.111. The lowest BCUT2D eigenvalue weighted by atomic mass is 9.82. The molecule has 11 rings (SSSR count). The van der Waals surface area contributed by atoms with E-state index in [2.05, 4.69) is 202 Å². The molecule has 0 spiro atoms. The van der Waals surface area contributed by atoms with Crippen LogP contribution in [0.15, 0.2) is 180 Å². The zero-order chi connectivity index (χ0) is 37.8. The molecule has 2 aliphatic carbocycles. The zero-order valence-corrected chi connectivity index (χ0v) is 32.1. The molecule has 0 saturated carbocycles. The largest absolute Gasteiger partial charge is 0.456 e. The Morgan fingerprint density at radius 3 is 1.57 bits per heavy atom. The number of benzene rings is 8. The van der Waals surface area contributed by atoms with Gasteiger partial charge in [0.25, 0.3) is 0 Å². The molecule has 1 heterocycles. The Morgan fingerprint density at radius 1 is 0.357 bits per heavy atom. The van der Waals surface area contributed by atoms with E-state index in [-0.39, 0.29) is 10.8 Å². The normalized spacial score (nSPS) is 14.4. The molecule has 2 aliphatic rings. The van der Waals surface area contributed by atoms with Crippen LogP contribution in [0.2, 0.25) is 0 Å². The minimum Gasteiger partial charge on any atom is -0.456 e. The van der Waals surface area contributed by atoms with Gasteiger partial charge in [-0.05, 0) is 86.5 Å². The predicted octanol–water partition coefficient (Wildman–Crippen LogP) is 15.0. The second kappa shape index (κ2) is 11.9. The topological polar surface area (TPSA) is 16.4 Å². The molecule has 56 heavy (non-hydrogen) atoms. The van der Waals surface area contributed by atoms with Gasteiger partial charge in [0.1, 0.15) is 11.2 Å². The second-order valence-electron chi connectivity index (χ2n) is 16.4. The van der Waals surface area contributed by atoms with Crippen molar-refractivity contribution >= 4 is 39.0 Å². The van der Waals surface area contributed by atoms with Crippen molar-refractivity contribution in [2.45, 2.75) is 38.5 Å². The maximum Gasteiger partial charge on any atom is 0.135 e. The summed E-state index contributed by atoms with van der Waals surface area (Å²) >= 11 is 0. The summed E-state index contributed by atoms with van der Waals surface area (Å²) in [5.41, 5.74) is 20.4. The highest BCUT2D eigenvalue weighted by Crippen LogP contribution is 2.57. The summed E-state index contributed by atoms with van der Waals surface area (Å²) in [6, 6.07) is 64.7. The number of anilines is 3. The van der Waals surface area contributed by atoms with E-state index in [1.807, 2.05) is 6.07 Å². The Kier molecular flexibility index (Phi) is 6.98. The first-order valence-electron chi connectivity index (χ1n) is 19.7. The van der Waals surface area contributed by atoms with Gasteiger partial charge < -0.3 is 9.32 Å². The average molecular weight is 720 g/mol. The summed E-state index contributed by atoms with van der Waals surface area (Å²) in [5.74, 6) is 0. The van der Waals surface area contributed by atoms with Crippen LogP contribution in [0, 0.1) is 0 Å². The maximum absolute atomic E-state index is 6.29. The van der Waals surface area contributed by atoms with Gasteiger partial charge in [0.05, 0.1) is 17.1 Å². The lowest BCUT2D eigenvalue weighted by molar-refractivity contribution is 0.660. The fourth-order valence-corrected chi connectivity index (χ4v) is 9.99. The summed E-state index contributed by atoms with van der Waals surface area (Å²) in [5, 5.41) is 2.25. The van der Waals surface area contributed by atoms with E-state index in [4.69, 9.17) is 4.42 Å². The summed E-state index contributed by atoms with van der Waals surface area (Å²) < 4.78 is 6.29. The van der Waals surface area contributed by atoms with Crippen LogP contribution in [0.3, 0.4) is 0 Å². The molecule has 0 bridgehead atoms. The van der Waals surface area contributed by atoms with Crippen LogP contribution in [0.5, 0.6) is 0 Å². The molecule has 0 atom stereocenters. The van der Waals surface area contributed by atoms with Crippen LogP contribution < -0.4 is 4.90 Å². The summed E-state index contributed by atoms with van der Waals surface area (Å²) in [6.45, 7) is 9.46. The molecule has 0 N–H and O–H groups in total. The van der Waals surface area contributed by atoms with Crippen LogP contribution in [0.25, 0.3) is 66.4 Å². The van der Waals surface area contributed by atoms with E-state index in [0.29, 0.717) is 0 Å². The number of rotatable bonds is 5. The molecule has 0 radical (unpaired) electrons. The Bertz CT molecular complexity index is 3050. The minimum absolute atomic E-state index is 0.103. The van der Waals surface area contributed by atoms with Gasteiger partial charge >= 0.3 is 0 Å². The molecule has 0 aliphatic heterocycles. The van der Waals surface area contributed by atoms with Gasteiger partial charge in [0.2, 0.25) is 0 Å². The van der Waals surface area contributed by atoms with Crippen molar-refractivity contribution in [3.05, 3.63) is 198 Å². The van der Waals surface area contributed by atoms with Crippen LogP contribution in [0.4, 0.5) is 17.1 Å². The number of para-hydroxylation sites is 3. The summed E-state index contributed by atoms with van der Waals surface area (Å²) in [4.78, 5) is 2.55. The first kappa shape index (κ1) is 32.8. The molecule has 2 nitrogen and oxygen atoms in total. The third kappa shape index (κ3) is 4.56. The maximum atomic E-state index is 6.29. The number of nitrogens with zero attached hydrogens (tertiary/aromatic N) is 1. The standard InChI is InChI=1S/C54H41NO/c1-53(2)42-23-10-5-20-39(42)51-38(22-15-25-44(51)53)36-18-8-13-28-47(36)55(48-29-16-26-45-52(48)40-21-6-11-24-43(40)54(45,3)4)46-27-12-7-17-35(46)34-31-32-50-41(33-34)37-19-9-14-30-49(37)56-50/h5-33H,1-4H3. The molecule has 9 aromatic rings. The molecule has 0 saturated heterocycles. The molecule has 0 unspecified atom stereocenters. The number of hydrogen-bond acceptors (Lipinski definition) is 2. The van der Waals surface area contributed by atoms with E-state index in [1.165, 1.54) is 61.3 Å². The van der Waals surface area contributed by atoms with E-state index < -0.39 is 0 Å². The highest BCUT2D eigenvalue weighted by atomic mass is 16.3. The van der Waals surface area contributed by atoms with E-state index >= 15 is 0 Å². The molecule has 268 valence electrons. The van der Waals surface area contributed by atoms with E-state index in [1.54, 1.807) is 0 Å². The number of furan rings is 1. The van der Waals surface area contributed by atoms with Gasteiger partial charge in [0, 0.05) is 38.3 Å². The van der Waals surface area contributed by atoms with Crippen molar-refractivity contribution in [3.8, 4) is 44.5 Å². The van der Waals surface area contributed by atoms with Gasteiger partial charge in [-0.3, -0.25) is 0 Å². The highest BCUT2D eigenvalue weighted by molar-refractivity contribution is 6.08. The highest BCUT2D eigenvalue weighted by Gasteiger charge is 2.39. The predicted molar refractivity (Wildman–Crippen MR) is 234 cm³/mol. The number of hydrogen-bond donors (Lipinski definition) is 0. The van der Waals surface area contributed by atoms with Crippen LogP contribution in [-0.2, 0) is 10.8 Å². The van der Waals surface area contributed by atoms with E-state index in [9.17, 15) is 0 Å². The summed E-state index contributed by atoms with van der Waals surface area (Å²) in [7, 11) is 0. The smallest absolute Gasteiger partial charge is 0.135 e. The van der Waals surface area contributed by atoms with Crippen molar-refractivity contribution in [1.29, 1.82) is 0 Å². The lowest BCUT2D eigenvalue weighted by Gasteiger charge is -2.32. The van der Waals surface area contributed by atoms with Gasteiger partial charge in [-0.2, -0.15) is 0 Å². The lowest BCUT2D eigenvalue weighted by Crippen LogP contribution is -2.16. The Balaban J connectivity index is 1.21. The molecule has 0 amide bonds. The van der Waals surface area contributed by atoms with Gasteiger partial charge in [-0.1, -0.05) is 167 Å². The quantitative estimate of drug-likeness (QED) is 0.176. The third-order valence-corrected chi connectivity index (χ3v) is 12.7. The third-order valence-electron chi connectivity index (χ3n) is 12.7. The van der Waals surface area contributed by atoms with Crippen molar-refractivity contribution in [2.24, 2.45) is 0 Å². The van der Waals surface area contributed by atoms with Gasteiger partial charge in [-0.25, -0.2) is 0 Å². The molecule has 0 fully saturated rings. The van der Waals surface area contributed by atoms with Crippen molar-refractivity contribution in [1.82, 2.24) is 0 Å². The molecule has 2 heteroatoms. The zero-order valence-electron chi connectivity index (χ0n) is 32.1. The van der Waals surface area contributed by atoms with Crippen molar-refractivity contribution in [3.63, 3.8) is 0 Å². The molecular formula is C54H41NO. The van der Waals surface area contributed by atoms with Gasteiger partial charge in [-0.15, -0.1) is 0 Å². The molecule has 1 aromatic heterocycles. The van der Waals surface area contributed by atoms with Gasteiger partial charge in [0.15, 0.2) is 0 Å². The van der Waals surface area contributed by atoms with Crippen molar-refractivity contribution in [2.75, 3.05) is 4.90 Å². The minimum atomic E-state index is -0.143. The molecule has 8 aromatic carbocycles. The second-order valence-corrected chi connectivity index (χ2v) is 16.4. The molecular weight excluding hydrogens is 679 g/mol. The Labute approximate surface area is 328 Å². The Hall–Kier alpha value is -6.64. The van der Waals surface area contributed by atoms with Crippen molar-refractivity contribution < 1.29 is 4.42 Å².